The Morgan fingerprint density at radius 1 is 0.241 bits per heavy atom. The van der Waals surface area contributed by atoms with Gasteiger partial charge in [0.05, 0.1) is 11.2 Å². The van der Waals surface area contributed by atoms with Gasteiger partial charge in [-0.1, -0.05) is 176 Å². The average Bonchev–Trinajstić information content (AvgIpc) is 3.26. The molecule has 2 heterocycles. The van der Waals surface area contributed by atoms with E-state index >= 15 is 0 Å². The maximum Gasteiger partial charge on any atom is 0.164 e. The first-order chi connectivity index (χ1) is 26.7. The molecule has 0 unspecified atom stereocenters. The lowest BCUT2D eigenvalue weighted by Crippen LogP contribution is -2.00. The Labute approximate surface area is 313 Å². The molecule has 252 valence electrons. The van der Waals surface area contributed by atoms with Gasteiger partial charge in [0.15, 0.2) is 17.5 Å². The molecule has 8 aromatic carbocycles. The van der Waals surface area contributed by atoms with Gasteiger partial charge in [0, 0.05) is 33.0 Å². The zero-order valence-corrected chi connectivity index (χ0v) is 29.3. The van der Waals surface area contributed by atoms with Crippen molar-refractivity contribution in [2.24, 2.45) is 0 Å². The van der Waals surface area contributed by atoms with Gasteiger partial charge < -0.3 is 0 Å². The third-order valence-corrected chi connectivity index (χ3v) is 10.1. The van der Waals surface area contributed by atoms with Crippen LogP contribution in [-0.2, 0) is 0 Å². The molecule has 0 bridgehead atoms. The van der Waals surface area contributed by atoms with Gasteiger partial charge in [-0.15, -0.1) is 0 Å². The Hall–Kier alpha value is -7.30. The highest BCUT2D eigenvalue weighted by Crippen LogP contribution is 2.36. The summed E-state index contributed by atoms with van der Waals surface area (Å²) in [5.74, 6) is 1.91. The van der Waals surface area contributed by atoms with Crippen LogP contribution >= 0.6 is 0 Å². The highest BCUT2D eigenvalue weighted by molar-refractivity contribution is 6.14. The highest BCUT2D eigenvalue weighted by Gasteiger charge is 2.15. The summed E-state index contributed by atoms with van der Waals surface area (Å²) in [6.45, 7) is 0. The lowest BCUT2D eigenvalue weighted by Gasteiger charge is -2.12. The molecule has 10 aromatic rings. The number of nitrogens with zero attached hydrogens (tertiary/aromatic N) is 4. The number of rotatable bonds is 6. The van der Waals surface area contributed by atoms with E-state index in [2.05, 4.69) is 158 Å². The first kappa shape index (κ1) is 31.4. The Morgan fingerprint density at radius 2 is 0.667 bits per heavy atom. The summed E-state index contributed by atoms with van der Waals surface area (Å²) in [6, 6.07) is 67.6. The summed E-state index contributed by atoms with van der Waals surface area (Å²) < 4.78 is 0. The van der Waals surface area contributed by atoms with Crippen LogP contribution < -0.4 is 0 Å². The van der Waals surface area contributed by atoms with Crippen molar-refractivity contribution < 1.29 is 0 Å². The van der Waals surface area contributed by atoms with Crippen molar-refractivity contribution in [3.8, 4) is 67.7 Å². The molecule has 0 amide bonds. The molecule has 0 atom stereocenters. The molecule has 0 fully saturated rings. The van der Waals surface area contributed by atoms with Crippen LogP contribution in [0.25, 0.3) is 100 Å². The second kappa shape index (κ2) is 13.4. The van der Waals surface area contributed by atoms with Gasteiger partial charge in [0.2, 0.25) is 0 Å². The monoisotopic (exact) mass is 688 g/mol. The van der Waals surface area contributed by atoms with Crippen molar-refractivity contribution >= 4 is 32.4 Å². The quantitative estimate of drug-likeness (QED) is 0.129. The van der Waals surface area contributed by atoms with Crippen molar-refractivity contribution in [1.29, 1.82) is 0 Å². The van der Waals surface area contributed by atoms with E-state index in [4.69, 9.17) is 19.9 Å². The van der Waals surface area contributed by atoms with Gasteiger partial charge >= 0.3 is 0 Å². The molecule has 0 aliphatic heterocycles. The lowest BCUT2D eigenvalue weighted by atomic mass is 9.96. The van der Waals surface area contributed by atoms with E-state index < -0.39 is 0 Å². The topological polar surface area (TPSA) is 51.6 Å². The van der Waals surface area contributed by atoms with Crippen LogP contribution in [-0.4, -0.2) is 19.9 Å². The minimum absolute atomic E-state index is 0.630. The average molecular weight is 689 g/mol. The van der Waals surface area contributed by atoms with Crippen LogP contribution in [0.1, 0.15) is 0 Å². The highest BCUT2D eigenvalue weighted by atomic mass is 15.0. The van der Waals surface area contributed by atoms with E-state index in [1.165, 1.54) is 27.1 Å². The zero-order chi connectivity index (χ0) is 35.8. The standard InChI is InChI=1S/C50H32N4/c1-3-12-33(13-4-1)34-22-26-37(27-23-34)49-52-48(36-14-5-2-6-15-36)53-50(54-49)38-28-24-35(25-29-38)39-18-11-19-42(30-39)47-44-21-10-9-20-43(44)45-31-40-16-7-8-17-41(40)32-46(45)51-47/h1-32H. The molecule has 0 N–H and O–H groups in total. The van der Waals surface area contributed by atoms with E-state index in [0.717, 1.165) is 55.5 Å². The zero-order valence-electron chi connectivity index (χ0n) is 29.3. The molecular weight excluding hydrogens is 657 g/mol. The molecule has 4 nitrogen and oxygen atoms in total. The molecule has 54 heavy (non-hydrogen) atoms. The van der Waals surface area contributed by atoms with Crippen molar-refractivity contribution in [1.82, 2.24) is 19.9 Å². The van der Waals surface area contributed by atoms with Gasteiger partial charge in [-0.05, 0) is 56.6 Å². The molecule has 2 aromatic heterocycles. The number of hydrogen-bond donors (Lipinski definition) is 0. The summed E-state index contributed by atoms with van der Waals surface area (Å²) in [4.78, 5) is 20.2. The first-order valence-electron chi connectivity index (χ1n) is 18.1. The molecule has 4 heteroatoms. The summed E-state index contributed by atoms with van der Waals surface area (Å²) >= 11 is 0. The predicted octanol–water partition coefficient (Wildman–Crippen LogP) is 12.7. The van der Waals surface area contributed by atoms with Crippen LogP contribution in [0.3, 0.4) is 0 Å². The third kappa shape index (κ3) is 5.86. The number of hydrogen-bond acceptors (Lipinski definition) is 4. The van der Waals surface area contributed by atoms with Crippen molar-refractivity contribution in [2.45, 2.75) is 0 Å². The summed E-state index contributed by atoms with van der Waals surface area (Å²) in [5, 5.41) is 5.92. The second-order valence-electron chi connectivity index (χ2n) is 13.5. The van der Waals surface area contributed by atoms with E-state index in [1.54, 1.807) is 0 Å². The van der Waals surface area contributed by atoms with E-state index in [-0.39, 0.29) is 0 Å². The minimum Gasteiger partial charge on any atom is -0.247 e. The van der Waals surface area contributed by atoms with Gasteiger partial charge in [-0.25, -0.2) is 19.9 Å². The fraction of sp³-hybridized carbons (Fsp3) is 0. The Balaban J connectivity index is 1.02. The molecule has 0 spiro atoms. The Bertz CT molecular complexity index is 2960. The maximum atomic E-state index is 5.28. The normalized spacial score (nSPS) is 11.3. The number of fused-ring (bicyclic) bond motifs is 4. The SMILES string of the molecule is c1ccc(-c2ccc(-c3nc(-c4ccccc4)nc(-c4ccc(-c5cccc(-c6nc7cc8ccccc8cc7c7ccccc67)c5)cc4)n3)cc2)cc1. The van der Waals surface area contributed by atoms with E-state index in [0.29, 0.717) is 17.5 Å². The number of benzene rings is 8. The van der Waals surface area contributed by atoms with Crippen LogP contribution in [0.15, 0.2) is 194 Å². The van der Waals surface area contributed by atoms with E-state index in [9.17, 15) is 0 Å². The van der Waals surface area contributed by atoms with Crippen LogP contribution in [0.5, 0.6) is 0 Å². The minimum atomic E-state index is 0.630. The Morgan fingerprint density at radius 3 is 1.30 bits per heavy atom. The fourth-order valence-electron chi connectivity index (χ4n) is 7.31. The van der Waals surface area contributed by atoms with Crippen molar-refractivity contribution in [2.75, 3.05) is 0 Å². The first-order valence-corrected chi connectivity index (χ1v) is 18.1. The van der Waals surface area contributed by atoms with Crippen LogP contribution in [0.2, 0.25) is 0 Å². The fourth-order valence-corrected chi connectivity index (χ4v) is 7.31. The summed E-state index contributed by atoms with van der Waals surface area (Å²) in [6.07, 6.45) is 0. The largest absolute Gasteiger partial charge is 0.247 e. The number of pyridine rings is 1. The van der Waals surface area contributed by atoms with E-state index in [1.807, 2.05) is 36.4 Å². The molecule has 0 aliphatic rings. The number of aromatic nitrogens is 4. The van der Waals surface area contributed by atoms with Crippen LogP contribution in [0.4, 0.5) is 0 Å². The summed E-state index contributed by atoms with van der Waals surface area (Å²) in [5.41, 5.74) is 10.4. The summed E-state index contributed by atoms with van der Waals surface area (Å²) in [7, 11) is 0. The van der Waals surface area contributed by atoms with Crippen molar-refractivity contribution in [3.05, 3.63) is 194 Å². The van der Waals surface area contributed by atoms with Crippen LogP contribution in [0, 0.1) is 0 Å². The predicted molar refractivity (Wildman–Crippen MR) is 223 cm³/mol. The van der Waals surface area contributed by atoms with Crippen molar-refractivity contribution in [3.63, 3.8) is 0 Å². The van der Waals surface area contributed by atoms with Gasteiger partial charge in [0.25, 0.3) is 0 Å². The van der Waals surface area contributed by atoms with Gasteiger partial charge in [0.1, 0.15) is 0 Å². The lowest BCUT2D eigenvalue weighted by molar-refractivity contribution is 1.07. The molecule has 0 aliphatic carbocycles. The Kier molecular flexibility index (Phi) is 7.77. The maximum absolute atomic E-state index is 5.28. The molecule has 0 saturated heterocycles. The van der Waals surface area contributed by atoms with Gasteiger partial charge in [-0.2, -0.15) is 0 Å². The van der Waals surface area contributed by atoms with Gasteiger partial charge in [-0.3, -0.25) is 0 Å². The molecule has 0 saturated carbocycles. The third-order valence-electron chi connectivity index (χ3n) is 10.1. The molecular formula is C50H32N4. The molecule has 10 rings (SSSR count). The smallest absolute Gasteiger partial charge is 0.164 e. The second-order valence-corrected chi connectivity index (χ2v) is 13.5. The molecule has 0 radical (unpaired) electrons.